The fourth-order valence-corrected chi connectivity index (χ4v) is 2.47. The van der Waals surface area contributed by atoms with Crippen LogP contribution >= 0.6 is 0 Å². The van der Waals surface area contributed by atoms with Crippen LogP contribution < -0.4 is 0 Å². The minimum atomic E-state index is -0.346. The molecule has 0 fully saturated rings. The van der Waals surface area contributed by atoms with Gasteiger partial charge in [-0.1, -0.05) is 27.7 Å². The maximum atomic E-state index is 10.3. The summed E-state index contributed by atoms with van der Waals surface area (Å²) in [4.78, 5) is 4.11. The second-order valence-corrected chi connectivity index (χ2v) is 5.41. The van der Waals surface area contributed by atoms with Gasteiger partial charge in [0.25, 0.3) is 0 Å². The van der Waals surface area contributed by atoms with E-state index in [1.807, 2.05) is 12.3 Å². The second kappa shape index (κ2) is 6.75. The highest BCUT2D eigenvalue weighted by Gasteiger charge is 2.15. The molecule has 0 aliphatic rings. The highest BCUT2D eigenvalue weighted by molar-refractivity contribution is 5.25. The number of nitrogens with zero attached hydrogens (tertiary/aromatic N) is 1. The molecule has 96 valence electrons. The summed E-state index contributed by atoms with van der Waals surface area (Å²) in [5, 5.41) is 10.3. The molecule has 0 aromatic carbocycles. The van der Waals surface area contributed by atoms with Crippen LogP contribution in [0, 0.1) is 11.8 Å². The molecule has 0 saturated heterocycles. The summed E-state index contributed by atoms with van der Waals surface area (Å²) >= 11 is 0. The van der Waals surface area contributed by atoms with E-state index in [1.54, 1.807) is 6.20 Å². The van der Waals surface area contributed by atoms with Gasteiger partial charge < -0.3 is 5.11 Å². The lowest BCUT2D eigenvalue weighted by Crippen LogP contribution is -2.09. The van der Waals surface area contributed by atoms with E-state index >= 15 is 0 Å². The van der Waals surface area contributed by atoms with E-state index in [0.29, 0.717) is 11.8 Å². The molecule has 17 heavy (non-hydrogen) atoms. The van der Waals surface area contributed by atoms with Crippen molar-refractivity contribution in [3.8, 4) is 0 Å². The zero-order valence-electron chi connectivity index (χ0n) is 11.5. The van der Waals surface area contributed by atoms with E-state index < -0.39 is 0 Å². The molecule has 1 N–H and O–H groups in total. The summed E-state index contributed by atoms with van der Waals surface area (Å²) in [5.74, 6) is 1.25. The summed E-state index contributed by atoms with van der Waals surface area (Å²) in [6, 6.07) is 1.95. The fraction of sp³-hybridized carbons (Fsp3) is 0.667. The molecule has 0 saturated carbocycles. The molecule has 1 aromatic rings. The van der Waals surface area contributed by atoms with E-state index in [-0.39, 0.29) is 6.10 Å². The van der Waals surface area contributed by atoms with Crippen LogP contribution in [0.5, 0.6) is 0 Å². The molecule has 2 nitrogen and oxygen atoms in total. The first kappa shape index (κ1) is 14.2. The minimum absolute atomic E-state index is 0.346. The fourth-order valence-electron chi connectivity index (χ4n) is 2.47. The lowest BCUT2D eigenvalue weighted by atomic mass is 9.90. The van der Waals surface area contributed by atoms with Crippen LogP contribution in [-0.2, 0) is 6.42 Å². The van der Waals surface area contributed by atoms with E-state index in [2.05, 4.69) is 32.7 Å². The van der Waals surface area contributed by atoms with Crippen molar-refractivity contribution in [3.63, 3.8) is 0 Å². The predicted octanol–water partition coefficient (Wildman–Crippen LogP) is 3.75. The molecule has 1 aromatic heterocycles. The van der Waals surface area contributed by atoms with Crippen LogP contribution in [0.3, 0.4) is 0 Å². The topological polar surface area (TPSA) is 33.1 Å². The van der Waals surface area contributed by atoms with Crippen LogP contribution in [0.1, 0.15) is 57.8 Å². The Morgan fingerprint density at radius 2 is 1.94 bits per heavy atom. The maximum Gasteiger partial charge on any atom is 0.0796 e. The van der Waals surface area contributed by atoms with Gasteiger partial charge in [0.15, 0.2) is 0 Å². The Morgan fingerprint density at radius 3 is 2.53 bits per heavy atom. The molecule has 0 aliphatic carbocycles. The summed E-state index contributed by atoms with van der Waals surface area (Å²) in [6.07, 6.45) is 6.23. The van der Waals surface area contributed by atoms with Crippen molar-refractivity contribution < 1.29 is 5.11 Å². The molecular formula is C15H25NO. The molecule has 0 bridgehead atoms. The van der Waals surface area contributed by atoms with Gasteiger partial charge in [0.1, 0.15) is 0 Å². The molecule has 0 spiro atoms. The predicted molar refractivity (Wildman–Crippen MR) is 71.8 cm³/mol. The van der Waals surface area contributed by atoms with Crippen LogP contribution in [0.4, 0.5) is 0 Å². The molecule has 2 atom stereocenters. The minimum Gasteiger partial charge on any atom is -0.388 e. The Bertz CT molecular complexity index is 335. The zero-order valence-corrected chi connectivity index (χ0v) is 11.5. The molecule has 0 radical (unpaired) electrons. The van der Waals surface area contributed by atoms with Crippen molar-refractivity contribution in [2.24, 2.45) is 11.8 Å². The van der Waals surface area contributed by atoms with Gasteiger partial charge in [0, 0.05) is 12.4 Å². The number of aryl methyl sites for hydroxylation is 1. The van der Waals surface area contributed by atoms with Crippen LogP contribution in [-0.4, -0.2) is 10.1 Å². The maximum absolute atomic E-state index is 10.3. The SMILES string of the molecule is CCc1cnccc1C(O)CC(C)CC(C)C. The average molecular weight is 235 g/mol. The zero-order chi connectivity index (χ0) is 12.8. The highest BCUT2D eigenvalue weighted by Crippen LogP contribution is 2.27. The van der Waals surface area contributed by atoms with Gasteiger partial charge in [-0.3, -0.25) is 4.98 Å². The highest BCUT2D eigenvalue weighted by atomic mass is 16.3. The first-order valence-corrected chi connectivity index (χ1v) is 6.65. The largest absolute Gasteiger partial charge is 0.388 e. The number of pyridine rings is 1. The van der Waals surface area contributed by atoms with Gasteiger partial charge in [0.2, 0.25) is 0 Å². The van der Waals surface area contributed by atoms with Gasteiger partial charge in [-0.2, -0.15) is 0 Å². The Hall–Kier alpha value is -0.890. The normalized spacial score (nSPS) is 14.9. The van der Waals surface area contributed by atoms with E-state index in [1.165, 1.54) is 6.42 Å². The number of aliphatic hydroxyl groups is 1. The standard InChI is InChI=1S/C15H25NO/c1-5-13-10-16-7-6-14(13)15(17)9-12(4)8-11(2)3/h6-7,10-12,15,17H,5,8-9H2,1-4H3. The third kappa shape index (κ3) is 4.47. The van der Waals surface area contributed by atoms with Crippen LogP contribution in [0.15, 0.2) is 18.5 Å². The number of rotatable bonds is 6. The Kier molecular flexibility index (Phi) is 5.63. The molecule has 0 amide bonds. The van der Waals surface area contributed by atoms with Crippen molar-refractivity contribution >= 4 is 0 Å². The molecule has 0 aliphatic heterocycles. The quantitative estimate of drug-likeness (QED) is 0.814. The summed E-state index contributed by atoms with van der Waals surface area (Å²) < 4.78 is 0. The van der Waals surface area contributed by atoms with E-state index in [4.69, 9.17) is 0 Å². The van der Waals surface area contributed by atoms with Crippen LogP contribution in [0.2, 0.25) is 0 Å². The first-order chi connectivity index (χ1) is 8.04. The average Bonchev–Trinajstić information content (AvgIpc) is 2.27. The van der Waals surface area contributed by atoms with Gasteiger partial charge in [-0.25, -0.2) is 0 Å². The first-order valence-electron chi connectivity index (χ1n) is 6.65. The lowest BCUT2D eigenvalue weighted by Gasteiger charge is -2.20. The van der Waals surface area contributed by atoms with Crippen LogP contribution in [0.25, 0.3) is 0 Å². The van der Waals surface area contributed by atoms with Gasteiger partial charge in [-0.05, 0) is 48.3 Å². The van der Waals surface area contributed by atoms with Crippen molar-refractivity contribution in [3.05, 3.63) is 29.6 Å². The third-order valence-corrected chi connectivity index (χ3v) is 3.18. The molecule has 2 unspecified atom stereocenters. The monoisotopic (exact) mass is 235 g/mol. The van der Waals surface area contributed by atoms with Crippen molar-refractivity contribution in [2.75, 3.05) is 0 Å². The van der Waals surface area contributed by atoms with Crippen molar-refractivity contribution in [1.82, 2.24) is 4.98 Å². The molecule has 1 heterocycles. The molecule has 2 heteroatoms. The number of hydrogen-bond donors (Lipinski definition) is 1. The van der Waals surface area contributed by atoms with Crippen molar-refractivity contribution in [1.29, 1.82) is 0 Å². The summed E-state index contributed by atoms with van der Waals surface area (Å²) in [6.45, 7) is 8.78. The Labute approximate surface area is 105 Å². The number of hydrogen-bond acceptors (Lipinski definition) is 2. The van der Waals surface area contributed by atoms with Gasteiger partial charge in [-0.15, -0.1) is 0 Å². The smallest absolute Gasteiger partial charge is 0.0796 e. The Morgan fingerprint density at radius 1 is 1.24 bits per heavy atom. The van der Waals surface area contributed by atoms with Crippen molar-refractivity contribution in [2.45, 2.75) is 53.1 Å². The third-order valence-electron chi connectivity index (χ3n) is 3.18. The molecule has 1 rings (SSSR count). The second-order valence-electron chi connectivity index (χ2n) is 5.41. The van der Waals surface area contributed by atoms with Gasteiger partial charge >= 0.3 is 0 Å². The lowest BCUT2D eigenvalue weighted by molar-refractivity contribution is 0.141. The Balaban J connectivity index is 2.65. The summed E-state index contributed by atoms with van der Waals surface area (Å²) in [7, 11) is 0. The molecular weight excluding hydrogens is 210 g/mol. The number of aliphatic hydroxyl groups excluding tert-OH is 1. The van der Waals surface area contributed by atoms with Gasteiger partial charge in [0.05, 0.1) is 6.10 Å². The van der Waals surface area contributed by atoms with E-state index in [0.717, 1.165) is 24.0 Å². The summed E-state index contributed by atoms with van der Waals surface area (Å²) in [5.41, 5.74) is 2.22. The number of aromatic nitrogens is 1. The van der Waals surface area contributed by atoms with E-state index in [9.17, 15) is 5.11 Å².